The molecule has 0 aliphatic carbocycles. The van der Waals surface area contributed by atoms with E-state index in [9.17, 15) is 0 Å². The molecule has 202 valence electrons. The van der Waals surface area contributed by atoms with Crippen molar-refractivity contribution in [2.75, 3.05) is 4.90 Å². The molecule has 0 radical (unpaired) electrons. The molecule has 0 atom stereocenters. The molecule has 43 heavy (non-hydrogen) atoms. The molecule has 0 aliphatic heterocycles. The van der Waals surface area contributed by atoms with Crippen LogP contribution in [0.3, 0.4) is 0 Å². The maximum atomic E-state index is 6.48. The van der Waals surface area contributed by atoms with Gasteiger partial charge in [-0.3, -0.25) is 0 Å². The smallest absolute Gasteiger partial charge is 0.137 e. The summed E-state index contributed by atoms with van der Waals surface area (Å²) in [7, 11) is 0. The number of para-hydroxylation sites is 3. The third-order valence-electron chi connectivity index (χ3n) is 8.55. The summed E-state index contributed by atoms with van der Waals surface area (Å²) in [6, 6.07) is 56.0. The zero-order chi connectivity index (χ0) is 28.3. The quantitative estimate of drug-likeness (QED) is 0.217. The van der Waals surface area contributed by atoms with Gasteiger partial charge in [-0.15, -0.1) is 0 Å². The third kappa shape index (κ3) is 3.68. The molecule has 7 aromatic carbocycles. The van der Waals surface area contributed by atoms with E-state index in [1.54, 1.807) is 0 Å². The summed E-state index contributed by atoms with van der Waals surface area (Å²) in [5, 5.41) is 7.20. The maximum absolute atomic E-state index is 6.48. The largest absolute Gasteiger partial charge is 0.456 e. The van der Waals surface area contributed by atoms with Crippen LogP contribution in [0.4, 0.5) is 17.1 Å². The van der Waals surface area contributed by atoms with Gasteiger partial charge in [0.25, 0.3) is 0 Å². The van der Waals surface area contributed by atoms with Crippen LogP contribution in [0.1, 0.15) is 0 Å². The fourth-order valence-corrected chi connectivity index (χ4v) is 6.65. The molecular weight excluding hydrogens is 524 g/mol. The lowest BCUT2D eigenvalue weighted by atomic mass is 10.0. The second kappa shape index (κ2) is 9.37. The van der Waals surface area contributed by atoms with Gasteiger partial charge >= 0.3 is 0 Å². The third-order valence-corrected chi connectivity index (χ3v) is 8.55. The highest BCUT2D eigenvalue weighted by atomic mass is 16.3. The van der Waals surface area contributed by atoms with E-state index in [1.165, 1.54) is 38.0 Å². The number of rotatable bonds is 4. The van der Waals surface area contributed by atoms with Gasteiger partial charge in [0.2, 0.25) is 0 Å². The molecule has 3 nitrogen and oxygen atoms in total. The van der Waals surface area contributed by atoms with Gasteiger partial charge in [0.1, 0.15) is 11.2 Å². The Labute approximate surface area is 248 Å². The number of fused-ring (bicyclic) bond motifs is 8. The van der Waals surface area contributed by atoms with Crippen molar-refractivity contribution >= 4 is 71.6 Å². The highest BCUT2D eigenvalue weighted by molar-refractivity contribution is 6.19. The molecule has 0 aliphatic rings. The van der Waals surface area contributed by atoms with Crippen LogP contribution in [0.25, 0.3) is 60.2 Å². The maximum Gasteiger partial charge on any atom is 0.137 e. The van der Waals surface area contributed by atoms with Crippen molar-refractivity contribution in [3.8, 4) is 5.69 Å². The lowest BCUT2D eigenvalue weighted by molar-refractivity contribution is 0.669. The van der Waals surface area contributed by atoms with E-state index in [0.29, 0.717) is 0 Å². The number of anilines is 3. The van der Waals surface area contributed by atoms with Gasteiger partial charge in [0.05, 0.1) is 11.0 Å². The first kappa shape index (κ1) is 23.9. The minimum atomic E-state index is 0.879. The van der Waals surface area contributed by atoms with E-state index in [4.69, 9.17) is 4.42 Å². The van der Waals surface area contributed by atoms with Crippen molar-refractivity contribution in [2.45, 2.75) is 0 Å². The first-order chi connectivity index (χ1) is 21.3. The SMILES string of the molecule is c1ccc(N(c2ccc3c(c2)oc2ccc4ccccc4c23)c2ccc3c4ccccc4n(-c4ccccc4)c3c2)cc1. The van der Waals surface area contributed by atoms with E-state index in [0.717, 1.165) is 39.3 Å². The molecule has 0 saturated carbocycles. The molecule has 3 heteroatoms. The lowest BCUT2D eigenvalue weighted by Gasteiger charge is -2.25. The Morgan fingerprint density at radius 3 is 1.91 bits per heavy atom. The molecule has 2 aromatic heterocycles. The normalized spacial score (nSPS) is 11.7. The van der Waals surface area contributed by atoms with E-state index in [1.807, 2.05) is 0 Å². The fraction of sp³-hybridized carbons (Fsp3) is 0. The van der Waals surface area contributed by atoms with Gasteiger partial charge in [0, 0.05) is 50.4 Å². The second-order valence-corrected chi connectivity index (χ2v) is 11.0. The molecule has 0 spiro atoms. The van der Waals surface area contributed by atoms with Crippen LogP contribution in [0.2, 0.25) is 0 Å². The Morgan fingerprint density at radius 2 is 1.07 bits per heavy atom. The lowest BCUT2D eigenvalue weighted by Crippen LogP contribution is -2.09. The van der Waals surface area contributed by atoms with Crippen LogP contribution in [-0.4, -0.2) is 4.57 Å². The molecule has 0 amide bonds. The van der Waals surface area contributed by atoms with Crippen LogP contribution in [0.15, 0.2) is 162 Å². The van der Waals surface area contributed by atoms with Crippen LogP contribution in [0, 0.1) is 0 Å². The average Bonchev–Trinajstić information content (AvgIpc) is 3.61. The molecule has 0 fully saturated rings. The first-order valence-electron chi connectivity index (χ1n) is 14.6. The summed E-state index contributed by atoms with van der Waals surface area (Å²) in [4.78, 5) is 2.32. The summed E-state index contributed by atoms with van der Waals surface area (Å²) in [6.45, 7) is 0. The van der Waals surface area contributed by atoms with Crippen molar-refractivity contribution in [3.05, 3.63) is 158 Å². The summed E-state index contributed by atoms with van der Waals surface area (Å²) < 4.78 is 8.85. The Bertz CT molecular complexity index is 2450. The highest BCUT2D eigenvalue weighted by Crippen LogP contribution is 2.42. The Balaban J connectivity index is 1.29. The van der Waals surface area contributed by atoms with Crippen molar-refractivity contribution in [3.63, 3.8) is 0 Å². The summed E-state index contributed by atoms with van der Waals surface area (Å²) in [5.41, 5.74) is 8.52. The molecule has 9 aromatic rings. The minimum absolute atomic E-state index is 0.879. The zero-order valence-electron chi connectivity index (χ0n) is 23.3. The summed E-state index contributed by atoms with van der Waals surface area (Å²) in [6.07, 6.45) is 0. The first-order valence-corrected chi connectivity index (χ1v) is 14.6. The highest BCUT2D eigenvalue weighted by Gasteiger charge is 2.19. The Morgan fingerprint density at radius 1 is 0.419 bits per heavy atom. The zero-order valence-corrected chi connectivity index (χ0v) is 23.3. The van der Waals surface area contributed by atoms with Crippen LogP contribution >= 0.6 is 0 Å². The fourth-order valence-electron chi connectivity index (χ4n) is 6.65. The summed E-state index contributed by atoms with van der Waals surface area (Å²) >= 11 is 0. The number of hydrogen-bond donors (Lipinski definition) is 0. The topological polar surface area (TPSA) is 21.3 Å². The van der Waals surface area contributed by atoms with Gasteiger partial charge in [0.15, 0.2) is 0 Å². The molecule has 9 rings (SSSR count). The standard InChI is InChI=1S/C40H26N2O/c1-3-12-28(13-4-1)41(31-21-23-35-39(26-31)43-38-24-19-27-11-7-8-16-32(27)40(35)38)30-20-22-34-33-17-9-10-18-36(33)42(37(34)25-30)29-14-5-2-6-15-29/h1-26H. The number of furan rings is 1. The predicted molar refractivity (Wildman–Crippen MR) is 180 cm³/mol. The van der Waals surface area contributed by atoms with Crippen molar-refractivity contribution in [2.24, 2.45) is 0 Å². The Kier molecular flexibility index (Phi) is 5.20. The number of aromatic nitrogens is 1. The molecular formula is C40H26N2O. The van der Waals surface area contributed by atoms with Crippen molar-refractivity contribution in [1.29, 1.82) is 0 Å². The van der Waals surface area contributed by atoms with E-state index >= 15 is 0 Å². The molecule has 0 saturated heterocycles. The van der Waals surface area contributed by atoms with Gasteiger partial charge in [-0.05, 0) is 71.4 Å². The van der Waals surface area contributed by atoms with Crippen LogP contribution in [0.5, 0.6) is 0 Å². The van der Waals surface area contributed by atoms with Crippen LogP contribution in [-0.2, 0) is 0 Å². The summed E-state index contributed by atoms with van der Waals surface area (Å²) in [5.74, 6) is 0. The van der Waals surface area contributed by atoms with Crippen molar-refractivity contribution in [1.82, 2.24) is 4.57 Å². The van der Waals surface area contributed by atoms with E-state index in [2.05, 4.69) is 167 Å². The number of hydrogen-bond acceptors (Lipinski definition) is 2. The minimum Gasteiger partial charge on any atom is -0.456 e. The molecule has 2 heterocycles. The average molecular weight is 551 g/mol. The van der Waals surface area contributed by atoms with Gasteiger partial charge in [-0.2, -0.15) is 0 Å². The molecule has 0 N–H and O–H groups in total. The van der Waals surface area contributed by atoms with Gasteiger partial charge in [-0.1, -0.05) is 91.0 Å². The molecule has 0 unspecified atom stereocenters. The monoisotopic (exact) mass is 550 g/mol. The molecule has 0 bridgehead atoms. The van der Waals surface area contributed by atoms with Crippen LogP contribution < -0.4 is 4.90 Å². The van der Waals surface area contributed by atoms with E-state index < -0.39 is 0 Å². The van der Waals surface area contributed by atoms with Crippen molar-refractivity contribution < 1.29 is 4.42 Å². The van der Waals surface area contributed by atoms with Gasteiger partial charge < -0.3 is 13.9 Å². The van der Waals surface area contributed by atoms with Gasteiger partial charge in [-0.25, -0.2) is 0 Å². The predicted octanol–water partition coefficient (Wildman–Crippen LogP) is 11.3. The van der Waals surface area contributed by atoms with E-state index in [-0.39, 0.29) is 0 Å². The second-order valence-electron chi connectivity index (χ2n) is 11.0. The Hall–Kier alpha value is -5.80. The number of nitrogens with zero attached hydrogens (tertiary/aromatic N) is 2. The number of benzene rings is 7.